The maximum atomic E-state index is 13.2. The third-order valence-corrected chi connectivity index (χ3v) is 6.81. The standard InChI is InChI=1S/C21H16N4O4S/c1-13-12-29-20-5-3-17(9-19(13)20)30(27,28)16-2-4-18-14(8-16)10-23-25(21(18)26)11-15-6-7-22-24-15/h2-10,12H,11H2,1H3,(H,22,24). The molecule has 0 bridgehead atoms. The predicted molar refractivity (Wildman–Crippen MR) is 110 cm³/mol. The molecule has 0 saturated carbocycles. The number of aromatic nitrogens is 4. The third-order valence-electron chi connectivity index (χ3n) is 5.06. The van der Waals surface area contributed by atoms with Crippen LogP contribution in [0, 0.1) is 6.92 Å². The van der Waals surface area contributed by atoms with E-state index in [-0.39, 0.29) is 21.9 Å². The van der Waals surface area contributed by atoms with E-state index in [1.165, 1.54) is 35.1 Å². The molecule has 0 unspecified atom stereocenters. The second-order valence-corrected chi connectivity index (χ2v) is 8.97. The van der Waals surface area contributed by atoms with Crippen molar-refractivity contribution in [2.24, 2.45) is 0 Å². The molecule has 1 N–H and O–H groups in total. The third kappa shape index (κ3) is 2.91. The topological polar surface area (TPSA) is 111 Å². The van der Waals surface area contributed by atoms with Gasteiger partial charge in [-0.15, -0.1) is 0 Å². The lowest BCUT2D eigenvalue weighted by Crippen LogP contribution is -2.23. The molecule has 3 aromatic heterocycles. The molecular formula is C21H16N4O4S. The van der Waals surface area contributed by atoms with E-state index in [0.717, 1.165) is 16.6 Å². The number of benzene rings is 2. The molecule has 0 spiro atoms. The summed E-state index contributed by atoms with van der Waals surface area (Å²) < 4.78 is 33.0. The Morgan fingerprint density at radius 2 is 1.87 bits per heavy atom. The van der Waals surface area contributed by atoms with Crippen LogP contribution in [0.3, 0.4) is 0 Å². The molecule has 150 valence electrons. The Balaban J connectivity index is 1.58. The highest BCUT2D eigenvalue weighted by atomic mass is 32.2. The predicted octanol–water partition coefficient (Wildman–Crippen LogP) is 3.06. The van der Waals surface area contributed by atoms with Gasteiger partial charge in [0, 0.05) is 17.0 Å². The molecule has 2 aromatic carbocycles. The van der Waals surface area contributed by atoms with E-state index in [9.17, 15) is 13.2 Å². The number of hydrogen-bond acceptors (Lipinski definition) is 6. The summed E-state index contributed by atoms with van der Waals surface area (Å²) in [4.78, 5) is 13.0. The zero-order chi connectivity index (χ0) is 20.9. The van der Waals surface area contributed by atoms with Gasteiger partial charge < -0.3 is 4.42 Å². The van der Waals surface area contributed by atoms with Crippen molar-refractivity contribution < 1.29 is 12.8 Å². The van der Waals surface area contributed by atoms with Crippen LogP contribution >= 0.6 is 0 Å². The molecule has 0 radical (unpaired) electrons. The van der Waals surface area contributed by atoms with Crippen molar-refractivity contribution in [3.8, 4) is 0 Å². The fourth-order valence-corrected chi connectivity index (χ4v) is 4.74. The lowest BCUT2D eigenvalue weighted by atomic mass is 10.2. The van der Waals surface area contributed by atoms with Gasteiger partial charge in [0.1, 0.15) is 5.58 Å². The first kappa shape index (κ1) is 18.3. The number of aromatic amines is 1. The molecule has 9 heteroatoms. The van der Waals surface area contributed by atoms with Crippen LogP contribution in [0.1, 0.15) is 11.3 Å². The lowest BCUT2D eigenvalue weighted by molar-refractivity contribution is 0.596. The summed E-state index contributed by atoms with van der Waals surface area (Å²) in [6, 6.07) is 11.0. The SMILES string of the molecule is Cc1coc2ccc(S(=O)(=O)c3ccc4c(=O)n(Cc5ccn[nH]5)ncc4c3)cc12. The van der Waals surface area contributed by atoms with Crippen LogP contribution in [0.5, 0.6) is 0 Å². The van der Waals surface area contributed by atoms with Crippen LogP contribution in [0.15, 0.2) is 80.1 Å². The molecule has 8 nitrogen and oxygen atoms in total. The van der Waals surface area contributed by atoms with Crippen LogP contribution in [-0.4, -0.2) is 28.4 Å². The Labute approximate surface area is 170 Å². The minimum atomic E-state index is -3.77. The molecule has 0 fully saturated rings. The van der Waals surface area contributed by atoms with E-state index in [1.807, 2.05) is 6.92 Å². The smallest absolute Gasteiger partial charge is 0.274 e. The number of aryl methyl sites for hydroxylation is 1. The molecule has 5 aromatic rings. The molecule has 0 aliphatic heterocycles. The van der Waals surface area contributed by atoms with Gasteiger partial charge in [-0.3, -0.25) is 9.89 Å². The van der Waals surface area contributed by atoms with Crippen molar-refractivity contribution in [2.75, 3.05) is 0 Å². The summed E-state index contributed by atoms with van der Waals surface area (Å²) >= 11 is 0. The summed E-state index contributed by atoms with van der Waals surface area (Å²) in [6.07, 6.45) is 4.69. The van der Waals surface area contributed by atoms with Crippen molar-refractivity contribution in [1.29, 1.82) is 0 Å². The number of nitrogens with one attached hydrogen (secondary N) is 1. The number of rotatable bonds is 4. The van der Waals surface area contributed by atoms with Gasteiger partial charge in [0.05, 0.1) is 39.9 Å². The fraction of sp³-hybridized carbons (Fsp3) is 0.0952. The zero-order valence-corrected chi connectivity index (χ0v) is 16.7. The second kappa shape index (κ2) is 6.67. The fourth-order valence-electron chi connectivity index (χ4n) is 3.42. The van der Waals surface area contributed by atoms with Gasteiger partial charge in [0.2, 0.25) is 9.84 Å². The molecule has 0 amide bonds. The summed E-state index contributed by atoms with van der Waals surface area (Å²) in [5.41, 5.74) is 1.93. The number of nitrogens with zero attached hydrogens (tertiary/aromatic N) is 3. The Morgan fingerprint density at radius 1 is 1.07 bits per heavy atom. The van der Waals surface area contributed by atoms with Crippen molar-refractivity contribution in [3.05, 3.63) is 82.7 Å². The maximum absolute atomic E-state index is 13.2. The average molecular weight is 420 g/mol. The minimum Gasteiger partial charge on any atom is -0.464 e. The van der Waals surface area contributed by atoms with Crippen molar-refractivity contribution in [2.45, 2.75) is 23.3 Å². The number of hydrogen-bond donors (Lipinski definition) is 1. The Morgan fingerprint density at radius 3 is 2.67 bits per heavy atom. The van der Waals surface area contributed by atoms with Crippen LogP contribution in [-0.2, 0) is 16.4 Å². The van der Waals surface area contributed by atoms with Gasteiger partial charge in [-0.1, -0.05) is 0 Å². The van der Waals surface area contributed by atoms with Gasteiger partial charge in [0.15, 0.2) is 0 Å². The van der Waals surface area contributed by atoms with Crippen molar-refractivity contribution in [1.82, 2.24) is 20.0 Å². The number of H-pyrrole nitrogens is 1. The second-order valence-electron chi connectivity index (χ2n) is 7.02. The van der Waals surface area contributed by atoms with E-state index in [0.29, 0.717) is 16.4 Å². The largest absolute Gasteiger partial charge is 0.464 e. The highest BCUT2D eigenvalue weighted by Gasteiger charge is 2.20. The van der Waals surface area contributed by atoms with Crippen LogP contribution < -0.4 is 5.56 Å². The van der Waals surface area contributed by atoms with Crippen LogP contribution in [0.25, 0.3) is 21.7 Å². The summed E-state index contributed by atoms with van der Waals surface area (Å²) in [6.45, 7) is 2.11. The molecule has 0 atom stereocenters. The first-order valence-corrected chi connectivity index (χ1v) is 10.6. The van der Waals surface area contributed by atoms with Crippen molar-refractivity contribution in [3.63, 3.8) is 0 Å². The average Bonchev–Trinajstić information content (AvgIpc) is 3.39. The van der Waals surface area contributed by atoms with Gasteiger partial charge >= 0.3 is 0 Å². The van der Waals surface area contributed by atoms with Crippen molar-refractivity contribution >= 4 is 31.6 Å². The molecule has 30 heavy (non-hydrogen) atoms. The van der Waals surface area contributed by atoms with E-state index in [2.05, 4.69) is 15.3 Å². The highest BCUT2D eigenvalue weighted by molar-refractivity contribution is 7.91. The Hall–Kier alpha value is -3.72. The van der Waals surface area contributed by atoms with Crippen LogP contribution in [0.4, 0.5) is 0 Å². The molecule has 5 rings (SSSR count). The number of furan rings is 1. The lowest BCUT2D eigenvalue weighted by Gasteiger charge is -2.08. The Bertz CT molecular complexity index is 1560. The molecular weight excluding hydrogens is 404 g/mol. The number of fused-ring (bicyclic) bond motifs is 2. The maximum Gasteiger partial charge on any atom is 0.274 e. The monoisotopic (exact) mass is 420 g/mol. The zero-order valence-electron chi connectivity index (χ0n) is 15.9. The molecule has 0 aliphatic rings. The first-order chi connectivity index (χ1) is 14.4. The van der Waals surface area contributed by atoms with E-state index >= 15 is 0 Å². The number of sulfone groups is 1. The first-order valence-electron chi connectivity index (χ1n) is 9.14. The quantitative estimate of drug-likeness (QED) is 0.478. The molecule has 3 heterocycles. The summed E-state index contributed by atoms with van der Waals surface area (Å²) in [7, 11) is -3.77. The van der Waals surface area contributed by atoms with Gasteiger partial charge in [-0.2, -0.15) is 10.2 Å². The van der Waals surface area contributed by atoms with E-state index in [4.69, 9.17) is 4.42 Å². The highest BCUT2D eigenvalue weighted by Crippen LogP contribution is 2.28. The van der Waals surface area contributed by atoms with Gasteiger partial charge in [-0.25, -0.2) is 13.1 Å². The van der Waals surface area contributed by atoms with Gasteiger partial charge in [-0.05, 0) is 55.0 Å². The van der Waals surface area contributed by atoms with Gasteiger partial charge in [0.25, 0.3) is 5.56 Å². The Kier molecular flexibility index (Phi) is 4.07. The minimum absolute atomic E-state index is 0.100. The normalized spacial score (nSPS) is 12.0. The summed E-state index contributed by atoms with van der Waals surface area (Å²) in [5.74, 6) is 0. The van der Waals surface area contributed by atoms with Crippen LogP contribution in [0.2, 0.25) is 0 Å². The molecule has 0 aliphatic carbocycles. The summed E-state index contributed by atoms with van der Waals surface area (Å²) in [5, 5.41) is 12.4. The van der Waals surface area contributed by atoms with E-state index < -0.39 is 9.84 Å². The molecule has 0 saturated heterocycles. The van der Waals surface area contributed by atoms with E-state index in [1.54, 1.807) is 30.7 Å².